The number of fused-ring (bicyclic) bond motifs is 1. The largest absolute Gasteiger partial charge is 0.466 e. The highest BCUT2D eigenvalue weighted by molar-refractivity contribution is 7.99. The SMILES string of the molecule is C=CC(=O)NC(C)(C)CC(C)(NCc1nnc2n1CCS2)c1nnnn1CCC(=O)OCC. The number of hydrogen-bond acceptors (Lipinski definition) is 10. The van der Waals surface area contributed by atoms with E-state index < -0.39 is 11.1 Å². The second kappa shape index (κ2) is 10.4. The van der Waals surface area contributed by atoms with Crippen LogP contribution in [0.2, 0.25) is 0 Å². The summed E-state index contributed by atoms with van der Waals surface area (Å²) in [6, 6.07) is 0. The topological polar surface area (TPSA) is 142 Å². The maximum Gasteiger partial charge on any atom is 0.307 e. The fourth-order valence-corrected chi connectivity index (χ4v) is 4.91. The summed E-state index contributed by atoms with van der Waals surface area (Å²) in [6.45, 7) is 13.0. The molecule has 1 atom stereocenters. The maximum absolute atomic E-state index is 12.0. The molecule has 33 heavy (non-hydrogen) atoms. The minimum absolute atomic E-state index is 0.146. The van der Waals surface area contributed by atoms with Crippen molar-refractivity contribution in [3.05, 3.63) is 24.3 Å². The molecule has 3 heterocycles. The van der Waals surface area contributed by atoms with Crippen LogP contribution in [-0.4, -0.2) is 64.7 Å². The van der Waals surface area contributed by atoms with Crippen LogP contribution < -0.4 is 10.6 Å². The zero-order chi connectivity index (χ0) is 24.1. The smallest absolute Gasteiger partial charge is 0.307 e. The zero-order valence-electron chi connectivity index (χ0n) is 19.5. The number of tetrazole rings is 1. The molecule has 0 bridgehead atoms. The molecule has 0 fully saturated rings. The molecule has 1 aliphatic rings. The van der Waals surface area contributed by atoms with Gasteiger partial charge < -0.3 is 14.6 Å². The second-order valence-electron chi connectivity index (χ2n) is 8.62. The predicted octanol–water partition coefficient (Wildman–Crippen LogP) is 0.799. The number of rotatable bonds is 12. The summed E-state index contributed by atoms with van der Waals surface area (Å²) < 4.78 is 8.71. The van der Waals surface area contributed by atoms with E-state index in [1.807, 2.05) is 20.8 Å². The number of aromatic nitrogens is 7. The third-order valence-corrected chi connectivity index (χ3v) is 6.22. The van der Waals surface area contributed by atoms with Gasteiger partial charge in [0.15, 0.2) is 11.0 Å². The lowest BCUT2D eigenvalue weighted by Crippen LogP contribution is -2.53. The van der Waals surface area contributed by atoms with Crippen molar-refractivity contribution in [2.45, 2.75) is 76.4 Å². The van der Waals surface area contributed by atoms with Crippen LogP contribution in [-0.2, 0) is 39.5 Å². The second-order valence-corrected chi connectivity index (χ2v) is 9.68. The van der Waals surface area contributed by atoms with Gasteiger partial charge in [0.2, 0.25) is 5.91 Å². The first kappa shape index (κ1) is 24.8. The number of esters is 1. The van der Waals surface area contributed by atoms with E-state index in [1.54, 1.807) is 23.4 Å². The average molecular weight is 478 g/mol. The molecule has 0 spiro atoms. The minimum Gasteiger partial charge on any atom is -0.466 e. The normalized spacial score (nSPS) is 15.0. The lowest BCUT2D eigenvalue weighted by molar-refractivity contribution is -0.143. The van der Waals surface area contributed by atoms with E-state index in [2.05, 4.69) is 47.5 Å². The van der Waals surface area contributed by atoms with Crippen LogP contribution in [0.1, 0.15) is 52.2 Å². The van der Waals surface area contributed by atoms with E-state index in [-0.39, 0.29) is 24.8 Å². The Morgan fingerprint density at radius 1 is 1.27 bits per heavy atom. The molecule has 3 rings (SSSR count). The summed E-state index contributed by atoms with van der Waals surface area (Å²) in [5.41, 5.74) is -1.39. The van der Waals surface area contributed by atoms with E-state index in [9.17, 15) is 9.59 Å². The first-order chi connectivity index (χ1) is 15.7. The summed E-state index contributed by atoms with van der Waals surface area (Å²) in [4.78, 5) is 23.9. The highest BCUT2D eigenvalue weighted by atomic mass is 32.2. The number of thioether (sulfide) groups is 1. The van der Waals surface area contributed by atoms with E-state index in [0.29, 0.717) is 25.4 Å². The van der Waals surface area contributed by atoms with E-state index in [4.69, 9.17) is 4.74 Å². The molecular formula is C20H31N9O3S. The Labute approximate surface area is 196 Å². The molecule has 1 amide bonds. The highest BCUT2D eigenvalue weighted by Gasteiger charge is 2.39. The van der Waals surface area contributed by atoms with Crippen molar-refractivity contribution in [1.82, 2.24) is 45.6 Å². The fraction of sp³-hybridized carbons (Fsp3) is 0.650. The highest BCUT2D eigenvalue weighted by Crippen LogP contribution is 2.30. The van der Waals surface area contributed by atoms with E-state index in [1.165, 1.54) is 6.08 Å². The van der Waals surface area contributed by atoms with Crippen LogP contribution in [0.4, 0.5) is 0 Å². The number of hydrogen-bond donors (Lipinski definition) is 2. The van der Waals surface area contributed by atoms with Crippen molar-refractivity contribution in [2.24, 2.45) is 0 Å². The van der Waals surface area contributed by atoms with Crippen LogP contribution in [0.25, 0.3) is 0 Å². The van der Waals surface area contributed by atoms with Crippen molar-refractivity contribution in [2.75, 3.05) is 12.4 Å². The van der Waals surface area contributed by atoms with Crippen molar-refractivity contribution < 1.29 is 14.3 Å². The summed E-state index contributed by atoms with van der Waals surface area (Å²) in [7, 11) is 0. The molecule has 2 N–H and O–H groups in total. The molecule has 12 nitrogen and oxygen atoms in total. The van der Waals surface area contributed by atoms with Crippen LogP contribution in [0.3, 0.4) is 0 Å². The van der Waals surface area contributed by atoms with Gasteiger partial charge in [-0.1, -0.05) is 18.3 Å². The Bertz CT molecular complexity index is 1000. The van der Waals surface area contributed by atoms with Crippen LogP contribution in [0.15, 0.2) is 17.8 Å². The lowest BCUT2D eigenvalue weighted by atomic mass is 9.84. The fourth-order valence-electron chi connectivity index (χ4n) is 4.00. The maximum atomic E-state index is 12.0. The third-order valence-electron chi connectivity index (χ3n) is 5.28. The molecule has 2 aromatic rings. The Balaban J connectivity index is 1.85. The van der Waals surface area contributed by atoms with Crippen LogP contribution in [0, 0.1) is 0 Å². The summed E-state index contributed by atoms with van der Waals surface area (Å²) in [6.07, 6.45) is 1.84. The van der Waals surface area contributed by atoms with Crippen LogP contribution >= 0.6 is 11.8 Å². The first-order valence-corrected chi connectivity index (χ1v) is 11.8. The lowest BCUT2D eigenvalue weighted by Gasteiger charge is -2.37. The Hall–Kier alpha value is -2.80. The van der Waals surface area contributed by atoms with E-state index >= 15 is 0 Å². The molecule has 13 heteroatoms. The molecule has 1 unspecified atom stereocenters. The standard InChI is InChI=1S/C20H31N9O3S/c1-6-15(30)22-19(3,4)13-20(5,21-12-14-23-25-18-28(14)10-11-33-18)17-24-26-27-29(17)9-8-16(31)32-7-2/h6,21H,1,7-13H2,2-5H3,(H,22,30). The number of carbonyl (C=O) groups is 2. The summed E-state index contributed by atoms with van der Waals surface area (Å²) in [5, 5.41) is 28.2. The zero-order valence-corrected chi connectivity index (χ0v) is 20.3. The van der Waals surface area contributed by atoms with Crippen molar-refractivity contribution in [3.8, 4) is 0 Å². The van der Waals surface area contributed by atoms with Crippen LogP contribution in [0.5, 0.6) is 0 Å². The average Bonchev–Trinajstić information content (AvgIpc) is 3.47. The molecular weight excluding hydrogens is 446 g/mol. The summed E-state index contributed by atoms with van der Waals surface area (Å²) in [5.74, 6) is 1.75. The summed E-state index contributed by atoms with van der Waals surface area (Å²) >= 11 is 1.68. The quantitative estimate of drug-likeness (QED) is 0.333. The van der Waals surface area contributed by atoms with Gasteiger partial charge in [0.1, 0.15) is 5.82 Å². The van der Waals surface area contributed by atoms with Crippen molar-refractivity contribution in [1.29, 1.82) is 0 Å². The number of nitrogens with one attached hydrogen (secondary N) is 2. The Morgan fingerprint density at radius 3 is 2.79 bits per heavy atom. The van der Waals surface area contributed by atoms with Gasteiger partial charge in [0.25, 0.3) is 0 Å². The number of ether oxygens (including phenoxy) is 1. The molecule has 0 aromatic carbocycles. The van der Waals surface area contributed by atoms with Gasteiger partial charge in [-0.2, -0.15) is 0 Å². The molecule has 0 radical (unpaired) electrons. The molecule has 1 aliphatic heterocycles. The van der Waals surface area contributed by atoms with Gasteiger partial charge in [0, 0.05) is 17.8 Å². The monoisotopic (exact) mass is 477 g/mol. The van der Waals surface area contributed by atoms with E-state index in [0.717, 1.165) is 23.3 Å². The number of nitrogens with zero attached hydrogens (tertiary/aromatic N) is 7. The van der Waals surface area contributed by atoms with Gasteiger partial charge >= 0.3 is 5.97 Å². The molecule has 0 saturated heterocycles. The van der Waals surface area contributed by atoms with Crippen molar-refractivity contribution >= 4 is 23.6 Å². The molecule has 2 aromatic heterocycles. The van der Waals surface area contributed by atoms with Gasteiger partial charge in [-0.3, -0.25) is 14.9 Å². The Kier molecular flexibility index (Phi) is 7.84. The molecule has 180 valence electrons. The third kappa shape index (κ3) is 6.16. The predicted molar refractivity (Wildman–Crippen MR) is 121 cm³/mol. The van der Waals surface area contributed by atoms with Gasteiger partial charge in [-0.25, -0.2) is 4.68 Å². The Morgan fingerprint density at radius 2 is 2.06 bits per heavy atom. The van der Waals surface area contributed by atoms with Gasteiger partial charge in [-0.05, 0) is 50.6 Å². The molecule has 0 aliphatic carbocycles. The first-order valence-electron chi connectivity index (χ1n) is 10.8. The van der Waals surface area contributed by atoms with Gasteiger partial charge in [-0.15, -0.1) is 15.3 Å². The molecule has 0 saturated carbocycles. The number of carbonyl (C=O) groups excluding carboxylic acids is 2. The number of aryl methyl sites for hydroxylation is 1. The van der Waals surface area contributed by atoms with Crippen molar-refractivity contribution in [3.63, 3.8) is 0 Å². The minimum atomic E-state index is -0.770. The number of amides is 1. The van der Waals surface area contributed by atoms with Gasteiger partial charge in [0.05, 0.1) is 31.7 Å².